The molecule has 0 radical (unpaired) electrons. The maximum atomic E-state index is 15.7. The number of hydrogen-bond donors (Lipinski definition) is 3. The van der Waals surface area contributed by atoms with Crippen LogP contribution in [0.15, 0.2) is 11.8 Å². The first-order valence-electron chi connectivity index (χ1n) is 15.6. The van der Waals surface area contributed by atoms with Crippen LogP contribution in [-0.4, -0.2) is 102 Å². The molecule has 8 nitrogen and oxygen atoms in total. The number of amides is 1. The molecule has 10 unspecified atom stereocenters. The monoisotopic (exact) mass is 546 g/mol. The van der Waals surface area contributed by atoms with Crippen molar-refractivity contribution in [3.8, 4) is 0 Å². The van der Waals surface area contributed by atoms with Crippen molar-refractivity contribution in [1.82, 2.24) is 20.4 Å². The lowest BCUT2D eigenvalue weighted by Gasteiger charge is -2.61. The predicted octanol–water partition coefficient (Wildman–Crippen LogP) is 2.16. The van der Waals surface area contributed by atoms with Gasteiger partial charge in [-0.25, -0.2) is 4.39 Å². The van der Waals surface area contributed by atoms with E-state index >= 15 is 4.39 Å². The number of aliphatic hydroxyl groups excluding tert-OH is 1. The number of fused-ring (bicyclic) bond motifs is 3. The lowest BCUT2D eigenvalue weighted by molar-refractivity contribution is -0.208. The van der Waals surface area contributed by atoms with Gasteiger partial charge in [0, 0.05) is 31.3 Å². The number of halogens is 1. The van der Waals surface area contributed by atoms with Crippen molar-refractivity contribution in [2.24, 2.45) is 17.8 Å². The van der Waals surface area contributed by atoms with Crippen LogP contribution in [0.1, 0.15) is 70.6 Å². The quantitative estimate of drug-likeness (QED) is 0.317. The second-order valence-electron chi connectivity index (χ2n) is 13.1. The van der Waals surface area contributed by atoms with Crippen LogP contribution in [-0.2, 0) is 14.3 Å². The number of carbonyl (C=O) groups excluding carboxylic acids is 2. The lowest BCUT2D eigenvalue weighted by atomic mass is 9.65. The van der Waals surface area contributed by atoms with E-state index in [1.54, 1.807) is 0 Å². The molecule has 3 N–H and O–H groups in total. The molecule has 6 rings (SSSR count). The minimum absolute atomic E-state index is 0.0228. The van der Waals surface area contributed by atoms with E-state index in [-0.39, 0.29) is 48.5 Å². The molecule has 5 fully saturated rings. The van der Waals surface area contributed by atoms with Crippen LogP contribution in [0.4, 0.5) is 4.39 Å². The summed E-state index contributed by atoms with van der Waals surface area (Å²) in [6.07, 6.45) is 10.9. The Morgan fingerprint density at radius 1 is 1.13 bits per heavy atom. The van der Waals surface area contributed by atoms with E-state index in [0.717, 1.165) is 32.2 Å². The fourth-order valence-corrected chi connectivity index (χ4v) is 8.83. The van der Waals surface area contributed by atoms with Crippen LogP contribution in [0.5, 0.6) is 0 Å². The van der Waals surface area contributed by atoms with Gasteiger partial charge in [-0.1, -0.05) is 25.7 Å². The summed E-state index contributed by atoms with van der Waals surface area (Å²) < 4.78 is 22.5. The van der Waals surface area contributed by atoms with Gasteiger partial charge in [-0.15, -0.1) is 0 Å². The highest BCUT2D eigenvalue weighted by molar-refractivity contribution is 6.20. The molecule has 3 aliphatic heterocycles. The van der Waals surface area contributed by atoms with Crippen molar-refractivity contribution in [1.29, 1.82) is 0 Å². The summed E-state index contributed by atoms with van der Waals surface area (Å²) in [4.78, 5) is 31.8. The third-order valence-corrected chi connectivity index (χ3v) is 10.9. The third-order valence-electron chi connectivity index (χ3n) is 10.9. The molecule has 0 aromatic carbocycles. The molecule has 1 amide bonds. The number of ether oxygens (including phenoxy) is 1. The van der Waals surface area contributed by atoms with E-state index in [0.29, 0.717) is 37.4 Å². The summed E-state index contributed by atoms with van der Waals surface area (Å²) >= 11 is 0. The summed E-state index contributed by atoms with van der Waals surface area (Å²) in [5, 5.41) is 15.6. The maximum absolute atomic E-state index is 15.7. The van der Waals surface area contributed by atoms with E-state index in [1.165, 1.54) is 32.1 Å². The molecule has 2 saturated heterocycles. The Labute approximate surface area is 232 Å². The number of carbonyl (C=O) groups is 2. The molecule has 0 aromatic rings. The molecule has 218 valence electrons. The Kier molecular flexibility index (Phi) is 8.32. The largest absolute Gasteiger partial charge is 0.396 e. The summed E-state index contributed by atoms with van der Waals surface area (Å²) in [7, 11) is 2.13. The summed E-state index contributed by atoms with van der Waals surface area (Å²) in [5.41, 5.74) is 0.195. The van der Waals surface area contributed by atoms with Crippen LogP contribution in [0, 0.1) is 17.8 Å². The van der Waals surface area contributed by atoms with Gasteiger partial charge in [-0.2, -0.15) is 0 Å². The van der Waals surface area contributed by atoms with Crippen LogP contribution in [0.2, 0.25) is 0 Å². The van der Waals surface area contributed by atoms with Gasteiger partial charge in [0.2, 0.25) is 0 Å². The number of Topliss-reactive ketones (excluding diaryl/α,β-unsaturated/α-hetero) is 1. The summed E-state index contributed by atoms with van der Waals surface area (Å²) in [6.45, 7) is 2.18. The highest BCUT2D eigenvalue weighted by atomic mass is 19.1. The Morgan fingerprint density at radius 3 is 2.67 bits per heavy atom. The van der Waals surface area contributed by atoms with Crippen molar-refractivity contribution >= 4 is 11.7 Å². The number of ketones is 1. The average molecular weight is 547 g/mol. The number of rotatable bonds is 8. The van der Waals surface area contributed by atoms with Crippen molar-refractivity contribution in [3.63, 3.8) is 0 Å². The number of alkyl halides is 1. The van der Waals surface area contributed by atoms with E-state index in [1.807, 2.05) is 6.20 Å². The zero-order chi connectivity index (χ0) is 27.1. The van der Waals surface area contributed by atoms with Crippen molar-refractivity contribution in [2.75, 3.05) is 33.3 Å². The van der Waals surface area contributed by atoms with E-state index in [4.69, 9.17) is 4.74 Å². The molecule has 3 aliphatic carbocycles. The first kappa shape index (κ1) is 27.6. The van der Waals surface area contributed by atoms with Gasteiger partial charge in [0.15, 0.2) is 5.78 Å². The molecular formula is C30H47FN4O4. The van der Waals surface area contributed by atoms with Crippen molar-refractivity contribution < 1.29 is 23.8 Å². The first-order chi connectivity index (χ1) is 19.0. The zero-order valence-corrected chi connectivity index (χ0v) is 23.4. The van der Waals surface area contributed by atoms with Gasteiger partial charge < -0.3 is 30.3 Å². The zero-order valence-electron chi connectivity index (χ0n) is 23.4. The second-order valence-corrected chi connectivity index (χ2v) is 13.1. The molecule has 9 heteroatoms. The number of hydrogen-bond acceptors (Lipinski definition) is 7. The summed E-state index contributed by atoms with van der Waals surface area (Å²) in [5.74, 6) is 0.161. The Hall–Kier alpha value is -1.55. The topological polar surface area (TPSA) is 94.1 Å². The fraction of sp³-hybridized carbons (Fsp3) is 0.867. The van der Waals surface area contributed by atoms with Crippen LogP contribution >= 0.6 is 0 Å². The van der Waals surface area contributed by atoms with Gasteiger partial charge >= 0.3 is 0 Å². The van der Waals surface area contributed by atoms with Gasteiger partial charge in [-0.05, 0) is 76.9 Å². The summed E-state index contributed by atoms with van der Waals surface area (Å²) in [6, 6.07) is -0.199. The molecule has 0 aromatic heterocycles. The highest BCUT2D eigenvalue weighted by Gasteiger charge is 2.59. The van der Waals surface area contributed by atoms with E-state index in [9.17, 15) is 14.7 Å². The SMILES string of the molecule is CN1CCCC1CCNC(=O)C1=CN2C3CC4CCCCC4CC3OC3C(NCCCO)C(F)CC(C1=O)C32. The highest BCUT2D eigenvalue weighted by Crippen LogP contribution is 2.50. The number of nitrogens with zero attached hydrogens (tertiary/aromatic N) is 2. The molecule has 0 spiro atoms. The number of nitrogens with one attached hydrogen (secondary N) is 2. The average Bonchev–Trinajstić information content (AvgIpc) is 3.34. The lowest BCUT2D eigenvalue weighted by Crippen LogP contribution is -2.73. The molecular weight excluding hydrogens is 499 g/mol. The van der Waals surface area contributed by atoms with Gasteiger partial charge in [0.05, 0.1) is 35.9 Å². The molecule has 3 saturated carbocycles. The molecule has 10 atom stereocenters. The predicted molar refractivity (Wildman–Crippen MR) is 146 cm³/mol. The fourth-order valence-electron chi connectivity index (χ4n) is 8.83. The Bertz CT molecular complexity index is 948. The third kappa shape index (κ3) is 5.29. The van der Waals surface area contributed by atoms with Gasteiger partial charge in [0.1, 0.15) is 6.17 Å². The van der Waals surface area contributed by atoms with Crippen molar-refractivity contribution in [2.45, 2.75) is 113 Å². The molecule has 0 bridgehead atoms. The van der Waals surface area contributed by atoms with Crippen LogP contribution < -0.4 is 10.6 Å². The number of likely N-dealkylation sites (tertiary alicyclic amines) is 1. The first-order valence-corrected chi connectivity index (χ1v) is 15.6. The van der Waals surface area contributed by atoms with Gasteiger partial charge in [-0.3, -0.25) is 9.59 Å². The Morgan fingerprint density at radius 2 is 1.92 bits per heavy atom. The molecule has 6 aliphatic rings. The molecule has 3 heterocycles. The van der Waals surface area contributed by atoms with Crippen LogP contribution in [0.3, 0.4) is 0 Å². The van der Waals surface area contributed by atoms with E-state index < -0.39 is 24.2 Å². The number of morpholine rings is 1. The van der Waals surface area contributed by atoms with Crippen molar-refractivity contribution in [3.05, 3.63) is 11.8 Å². The molecule has 39 heavy (non-hydrogen) atoms. The maximum Gasteiger partial charge on any atom is 0.256 e. The standard InChI is InChI=1S/C30H47FN4O4/c1-34-12-4-8-20(34)9-11-33-30(38)22-17-35-24-14-18-6-2-3-7-19(18)15-25(24)39-29-26(32-10-5-13-36)23(31)16-21(27(29)35)28(22)37/h17-21,23-27,29,32,36H,2-16H2,1H3,(H,33,38). The Balaban J connectivity index is 1.25. The minimum Gasteiger partial charge on any atom is -0.396 e. The van der Waals surface area contributed by atoms with Gasteiger partial charge in [0.25, 0.3) is 5.91 Å². The van der Waals surface area contributed by atoms with Crippen LogP contribution in [0.25, 0.3) is 0 Å². The smallest absolute Gasteiger partial charge is 0.256 e. The second kappa shape index (κ2) is 11.7. The normalized spacial score (nSPS) is 41.9. The minimum atomic E-state index is -1.25. The van der Waals surface area contributed by atoms with E-state index in [2.05, 4.69) is 27.5 Å². The number of aliphatic hydroxyl groups is 1.